The number of hydrogen-bond acceptors (Lipinski definition) is 4. The molecular weight excluding hydrogens is 230 g/mol. The predicted molar refractivity (Wildman–Crippen MR) is 70.7 cm³/mol. The Labute approximate surface area is 109 Å². The molecule has 104 valence electrons. The summed E-state index contributed by atoms with van der Waals surface area (Å²) in [5, 5.41) is 16.8. The van der Waals surface area contributed by atoms with Gasteiger partial charge in [-0.3, -0.25) is 10.3 Å². The van der Waals surface area contributed by atoms with E-state index in [1.54, 1.807) is 0 Å². The predicted octanol–water partition coefficient (Wildman–Crippen LogP) is 0.564. The molecule has 1 unspecified atom stereocenters. The maximum Gasteiger partial charge on any atom is 0.0940 e. The van der Waals surface area contributed by atoms with Crippen molar-refractivity contribution in [1.29, 1.82) is 5.41 Å². The quantitative estimate of drug-likeness (QED) is 0.495. The first-order chi connectivity index (χ1) is 8.34. The largest absolute Gasteiger partial charge is 0.394 e. The van der Waals surface area contributed by atoms with Crippen molar-refractivity contribution >= 4 is 5.84 Å². The van der Waals surface area contributed by atoms with Crippen LogP contribution in [0.25, 0.3) is 0 Å². The summed E-state index contributed by atoms with van der Waals surface area (Å²) in [7, 11) is 0. The zero-order valence-electron chi connectivity index (χ0n) is 11.4. The van der Waals surface area contributed by atoms with Gasteiger partial charge in [0.1, 0.15) is 0 Å². The summed E-state index contributed by atoms with van der Waals surface area (Å²) in [5.74, 6) is 0.290. The molecule has 4 N–H and O–H groups in total. The van der Waals surface area contributed by atoms with Gasteiger partial charge in [0.05, 0.1) is 24.1 Å². The summed E-state index contributed by atoms with van der Waals surface area (Å²) in [5.41, 5.74) is 5.54. The molecule has 18 heavy (non-hydrogen) atoms. The lowest BCUT2D eigenvalue weighted by atomic mass is 9.98. The van der Waals surface area contributed by atoms with Gasteiger partial charge in [-0.2, -0.15) is 0 Å². The molecule has 1 atom stereocenters. The van der Waals surface area contributed by atoms with E-state index in [0.29, 0.717) is 12.3 Å². The van der Waals surface area contributed by atoms with E-state index in [-0.39, 0.29) is 23.7 Å². The Morgan fingerprint density at radius 3 is 2.67 bits per heavy atom. The molecule has 0 spiro atoms. The monoisotopic (exact) mass is 255 g/mol. The fraction of sp³-hybridized carbons (Fsp3) is 0.923. The molecule has 2 fully saturated rings. The van der Waals surface area contributed by atoms with Crippen molar-refractivity contribution in [2.75, 3.05) is 26.2 Å². The molecule has 1 saturated carbocycles. The first-order valence-corrected chi connectivity index (χ1v) is 6.68. The molecule has 1 heterocycles. The van der Waals surface area contributed by atoms with Crippen molar-refractivity contribution in [3.8, 4) is 0 Å². The first kappa shape index (κ1) is 13.8. The van der Waals surface area contributed by atoms with E-state index < -0.39 is 0 Å². The number of nitrogens with one attached hydrogen (secondary N) is 1. The zero-order valence-corrected chi connectivity index (χ0v) is 11.4. The molecule has 0 amide bonds. The fourth-order valence-electron chi connectivity index (χ4n) is 3.08. The van der Waals surface area contributed by atoms with Gasteiger partial charge < -0.3 is 15.6 Å². The third kappa shape index (κ3) is 3.43. The molecule has 0 aromatic carbocycles. The van der Waals surface area contributed by atoms with Crippen molar-refractivity contribution in [2.45, 2.75) is 44.8 Å². The van der Waals surface area contributed by atoms with Crippen LogP contribution in [0, 0.1) is 10.8 Å². The van der Waals surface area contributed by atoms with Crippen molar-refractivity contribution in [1.82, 2.24) is 4.90 Å². The van der Waals surface area contributed by atoms with Crippen LogP contribution in [0.4, 0.5) is 0 Å². The van der Waals surface area contributed by atoms with E-state index >= 15 is 0 Å². The summed E-state index contributed by atoms with van der Waals surface area (Å²) in [6.07, 6.45) is 2.93. The number of rotatable bonds is 5. The van der Waals surface area contributed by atoms with Gasteiger partial charge in [0.2, 0.25) is 0 Å². The van der Waals surface area contributed by atoms with E-state index in [1.165, 1.54) is 0 Å². The third-order valence-corrected chi connectivity index (χ3v) is 3.84. The summed E-state index contributed by atoms with van der Waals surface area (Å²) in [6, 6.07) is 0. The molecule has 5 heteroatoms. The molecule has 2 rings (SSSR count). The van der Waals surface area contributed by atoms with E-state index in [9.17, 15) is 5.11 Å². The van der Waals surface area contributed by atoms with Crippen molar-refractivity contribution in [3.63, 3.8) is 0 Å². The molecule has 0 radical (unpaired) electrons. The molecule has 0 aromatic heterocycles. The Kier molecular flexibility index (Phi) is 3.67. The maximum absolute atomic E-state index is 9.29. The van der Waals surface area contributed by atoms with Gasteiger partial charge in [0.15, 0.2) is 0 Å². The summed E-state index contributed by atoms with van der Waals surface area (Å²) in [4.78, 5) is 2.36. The minimum Gasteiger partial charge on any atom is -0.394 e. The number of ether oxygens (including phenoxy) is 1. The van der Waals surface area contributed by atoms with Crippen LogP contribution < -0.4 is 5.73 Å². The fourth-order valence-corrected chi connectivity index (χ4v) is 3.08. The molecule has 2 aliphatic rings. The smallest absolute Gasteiger partial charge is 0.0940 e. The molecular formula is C13H25N3O2. The number of hydrogen-bond donors (Lipinski definition) is 3. The zero-order chi connectivity index (χ0) is 13.4. The highest BCUT2D eigenvalue weighted by Gasteiger charge is 2.46. The minimum absolute atomic E-state index is 0.0691. The summed E-state index contributed by atoms with van der Waals surface area (Å²) < 4.78 is 5.81. The molecule has 1 aliphatic carbocycles. The van der Waals surface area contributed by atoms with E-state index in [2.05, 4.69) is 18.7 Å². The third-order valence-electron chi connectivity index (χ3n) is 3.84. The average Bonchev–Trinajstić information content (AvgIpc) is 2.93. The molecule has 1 saturated heterocycles. The number of nitrogens with two attached hydrogens (primary N) is 1. The van der Waals surface area contributed by atoms with Gasteiger partial charge in [-0.1, -0.05) is 0 Å². The average molecular weight is 255 g/mol. The molecule has 0 bridgehead atoms. The highest BCUT2D eigenvalue weighted by molar-refractivity contribution is 5.78. The lowest BCUT2D eigenvalue weighted by Gasteiger charge is -2.43. The second-order valence-electron chi connectivity index (χ2n) is 6.55. The standard InChI is InChI=1S/C13H25N3O2/c1-12(2)8-16(6-10(7-17)18-12)9-13(3-4-13)5-11(14)15/h10,17H,3-9H2,1-2H3,(H3,14,15). The van der Waals surface area contributed by atoms with E-state index in [1.807, 2.05) is 0 Å². The number of morpholine rings is 1. The first-order valence-electron chi connectivity index (χ1n) is 6.68. The Balaban J connectivity index is 1.94. The number of nitrogens with zero attached hydrogens (tertiary/aromatic N) is 1. The topological polar surface area (TPSA) is 82.6 Å². The van der Waals surface area contributed by atoms with Crippen LogP contribution in [-0.4, -0.2) is 53.8 Å². The summed E-state index contributed by atoms with van der Waals surface area (Å²) in [6.45, 7) is 6.82. The van der Waals surface area contributed by atoms with Gasteiger partial charge in [-0.25, -0.2) is 0 Å². The van der Waals surface area contributed by atoms with Crippen LogP contribution in [0.5, 0.6) is 0 Å². The highest BCUT2D eigenvalue weighted by atomic mass is 16.5. The van der Waals surface area contributed by atoms with Crippen molar-refractivity contribution < 1.29 is 9.84 Å². The Morgan fingerprint density at radius 1 is 1.50 bits per heavy atom. The van der Waals surface area contributed by atoms with E-state index in [0.717, 1.165) is 32.5 Å². The normalized spacial score (nSPS) is 30.1. The van der Waals surface area contributed by atoms with Gasteiger partial charge >= 0.3 is 0 Å². The number of aliphatic hydroxyl groups is 1. The second kappa shape index (κ2) is 4.79. The van der Waals surface area contributed by atoms with Crippen LogP contribution in [0.15, 0.2) is 0 Å². The van der Waals surface area contributed by atoms with Crippen LogP contribution >= 0.6 is 0 Å². The van der Waals surface area contributed by atoms with E-state index in [4.69, 9.17) is 15.9 Å². The van der Waals surface area contributed by atoms with Crippen LogP contribution in [0.1, 0.15) is 33.1 Å². The van der Waals surface area contributed by atoms with Crippen LogP contribution in [0.3, 0.4) is 0 Å². The maximum atomic E-state index is 9.29. The lowest BCUT2D eigenvalue weighted by molar-refractivity contribution is -0.151. The lowest BCUT2D eigenvalue weighted by Crippen LogP contribution is -2.55. The van der Waals surface area contributed by atoms with Crippen molar-refractivity contribution in [2.24, 2.45) is 11.1 Å². The molecule has 5 nitrogen and oxygen atoms in total. The summed E-state index contributed by atoms with van der Waals surface area (Å²) >= 11 is 0. The van der Waals surface area contributed by atoms with Crippen molar-refractivity contribution in [3.05, 3.63) is 0 Å². The Morgan fingerprint density at radius 2 is 2.17 bits per heavy atom. The molecule has 1 aliphatic heterocycles. The van der Waals surface area contributed by atoms with Gasteiger partial charge in [-0.05, 0) is 32.1 Å². The molecule has 0 aromatic rings. The van der Waals surface area contributed by atoms with Gasteiger partial charge in [-0.15, -0.1) is 0 Å². The highest BCUT2D eigenvalue weighted by Crippen LogP contribution is 2.49. The van der Waals surface area contributed by atoms with Gasteiger partial charge in [0.25, 0.3) is 0 Å². The minimum atomic E-state index is -0.210. The Hall–Kier alpha value is -0.650. The Bertz CT molecular complexity index is 326. The van der Waals surface area contributed by atoms with Crippen LogP contribution in [0.2, 0.25) is 0 Å². The SMILES string of the molecule is CC1(C)CN(CC2(CC(=N)N)CC2)CC(CO)O1. The second-order valence-corrected chi connectivity index (χ2v) is 6.55. The van der Waals surface area contributed by atoms with Gasteiger partial charge in [0, 0.05) is 26.1 Å². The number of amidine groups is 1. The number of aliphatic hydroxyl groups excluding tert-OH is 1. The van der Waals surface area contributed by atoms with Crippen LogP contribution in [-0.2, 0) is 4.74 Å².